The van der Waals surface area contributed by atoms with E-state index in [9.17, 15) is 4.79 Å². The maximum Gasteiger partial charge on any atom is 0.327 e. The number of aromatic nitrogens is 2. The molecule has 5 nitrogen and oxygen atoms in total. The van der Waals surface area contributed by atoms with Gasteiger partial charge in [-0.05, 0) is 6.92 Å². The highest BCUT2D eigenvalue weighted by atomic mass is 16.5. The lowest BCUT2D eigenvalue weighted by Crippen LogP contribution is -2.23. The molecule has 1 aromatic rings. The first-order valence-corrected chi connectivity index (χ1v) is 4.06. The molecule has 1 aromatic heterocycles. The maximum atomic E-state index is 11.2. The molecule has 0 spiro atoms. The molecule has 72 valence electrons. The Morgan fingerprint density at radius 2 is 2.54 bits per heavy atom. The molecule has 1 heterocycles. The minimum atomic E-state index is -0.728. The van der Waals surface area contributed by atoms with Gasteiger partial charge in [-0.2, -0.15) is 5.10 Å². The number of carbonyl (C=O) groups excluding carboxylic acids is 1. The monoisotopic (exact) mass is 183 g/mol. The Balaban J connectivity index is 2.67. The van der Waals surface area contributed by atoms with Gasteiger partial charge in [0.25, 0.3) is 0 Å². The number of aryl methyl sites for hydroxylation is 1. The molecule has 1 rings (SSSR count). The van der Waals surface area contributed by atoms with Gasteiger partial charge in [0.15, 0.2) is 0 Å². The highest BCUT2D eigenvalue weighted by molar-refractivity contribution is 5.77. The molecule has 0 saturated heterocycles. The molecule has 13 heavy (non-hydrogen) atoms. The van der Waals surface area contributed by atoms with E-state index in [4.69, 9.17) is 10.5 Å². The summed E-state index contributed by atoms with van der Waals surface area (Å²) in [5.41, 5.74) is 6.28. The van der Waals surface area contributed by atoms with Crippen LogP contribution in [-0.2, 0) is 16.6 Å². The Morgan fingerprint density at radius 1 is 1.85 bits per heavy atom. The molecular formula is C8H13N3O2. The van der Waals surface area contributed by atoms with E-state index in [0.717, 1.165) is 0 Å². The first-order chi connectivity index (χ1) is 6.15. The van der Waals surface area contributed by atoms with Gasteiger partial charge >= 0.3 is 5.97 Å². The Hall–Kier alpha value is -1.36. The van der Waals surface area contributed by atoms with Gasteiger partial charge in [-0.15, -0.1) is 0 Å². The van der Waals surface area contributed by atoms with E-state index < -0.39 is 12.0 Å². The lowest BCUT2D eigenvalue weighted by Gasteiger charge is -2.07. The van der Waals surface area contributed by atoms with Gasteiger partial charge in [0.2, 0.25) is 0 Å². The molecule has 0 aliphatic carbocycles. The molecule has 2 N–H and O–H groups in total. The highest BCUT2D eigenvalue weighted by Gasteiger charge is 2.17. The molecule has 0 fully saturated rings. The highest BCUT2D eigenvalue weighted by Crippen LogP contribution is 2.09. The van der Waals surface area contributed by atoms with Crippen LogP contribution in [0, 0.1) is 0 Å². The third-order valence-electron chi connectivity index (χ3n) is 1.62. The van der Waals surface area contributed by atoms with Gasteiger partial charge in [-0.3, -0.25) is 4.68 Å². The van der Waals surface area contributed by atoms with Crippen LogP contribution in [0.1, 0.15) is 18.5 Å². The summed E-state index contributed by atoms with van der Waals surface area (Å²) in [6, 6.07) is -0.728. The zero-order chi connectivity index (χ0) is 9.84. The Morgan fingerprint density at radius 3 is 3.00 bits per heavy atom. The Bertz CT molecular complexity index is 295. The Labute approximate surface area is 76.5 Å². The number of carbonyl (C=O) groups is 1. The second-order valence-corrected chi connectivity index (χ2v) is 2.68. The quantitative estimate of drug-likeness (QED) is 0.669. The molecule has 0 unspecified atom stereocenters. The number of nitrogens with zero attached hydrogens (tertiary/aromatic N) is 2. The van der Waals surface area contributed by atoms with E-state index in [1.807, 2.05) is 0 Å². The number of esters is 1. The minimum absolute atomic E-state index is 0.340. The van der Waals surface area contributed by atoms with E-state index in [1.165, 1.54) is 0 Å². The number of ether oxygens (including phenoxy) is 1. The lowest BCUT2D eigenvalue weighted by molar-refractivity contribution is -0.144. The second-order valence-electron chi connectivity index (χ2n) is 2.68. The fourth-order valence-corrected chi connectivity index (χ4v) is 0.969. The summed E-state index contributed by atoms with van der Waals surface area (Å²) in [4.78, 5) is 11.2. The number of hydrogen-bond donors (Lipinski definition) is 1. The molecule has 0 radical (unpaired) electrons. The third-order valence-corrected chi connectivity index (χ3v) is 1.62. The molecular weight excluding hydrogens is 170 g/mol. The zero-order valence-corrected chi connectivity index (χ0v) is 7.73. The van der Waals surface area contributed by atoms with Gasteiger partial charge in [-0.25, -0.2) is 4.79 Å². The van der Waals surface area contributed by atoms with Crippen molar-refractivity contribution < 1.29 is 9.53 Å². The molecule has 0 aliphatic heterocycles. The molecule has 0 amide bonds. The fourth-order valence-electron chi connectivity index (χ4n) is 0.969. The van der Waals surface area contributed by atoms with Crippen LogP contribution in [0.5, 0.6) is 0 Å². The van der Waals surface area contributed by atoms with Crippen molar-refractivity contribution in [1.82, 2.24) is 9.78 Å². The van der Waals surface area contributed by atoms with Gasteiger partial charge in [0.1, 0.15) is 6.04 Å². The van der Waals surface area contributed by atoms with Crippen LogP contribution in [0.4, 0.5) is 0 Å². The first-order valence-electron chi connectivity index (χ1n) is 4.06. The van der Waals surface area contributed by atoms with Crippen molar-refractivity contribution >= 4 is 5.97 Å². The summed E-state index contributed by atoms with van der Waals surface area (Å²) in [7, 11) is 1.77. The molecule has 0 bridgehead atoms. The van der Waals surface area contributed by atoms with Gasteiger partial charge < -0.3 is 10.5 Å². The summed E-state index contributed by atoms with van der Waals surface area (Å²) >= 11 is 0. The third kappa shape index (κ3) is 2.29. The van der Waals surface area contributed by atoms with Crippen LogP contribution in [-0.4, -0.2) is 22.4 Å². The average molecular weight is 183 g/mol. The molecule has 0 aromatic carbocycles. The summed E-state index contributed by atoms with van der Waals surface area (Å²) in [6.07, 6.45) is 3.25. The Kier molecular flexibility index (Phi) is 3.02. The SMILES string of the molecule is CCOC(=O)[C@H](N)c1cnn(C)c1. The maximum absolute atomic E-state index is 11.2. The molecule has 0 saturated carbocycles. The van der Waals surface area contributed by atoms with Gasteiger partial charge in [0.05, 0.1) is 12.8 Å². The topological polar surface area (TPSA) is 70.1 Å². The van der Waals surface area contributed by atoms with Crippen molar-refractivity contribution in [2.24, 2.45) is 12.8 Å². The fraction of sp³-hybridized carbons (Fsp3) is 0.500. The summed E-state index contributed by atoms with van der Waals surface area (Å²) < 4.78 is 6.36. The van der Waals surface area contributed by atoms with E-state index in [2.05, 4.69) is 5.10 Å². The van der Waals surface area contributed by atoms with Crippen LogP contribution in [0.3, 0.4) is 0 Å². The van der Waals surface area contributed by atoms with Crippen LogP contribution in [0.25, 0.3) is 0 Å². The van der Waals surface area contributed by atoms with Crippen molar-refractivity contribution in [3.05, 3.63) is 18.0 Å². The van der Waals surface area contributed by atoms with Crippen molar-refractivity contribution in [3.8, 4) is 0 Å². The zero-order valence-electron chi connectivity index (χ0n) is 7.73. The van der Waals surface area contributed by atoms with E-state index in [0.29, 0.717) is 12.2 Å². The normalized spacial score (nSPS) is 12.5. The summed E-state index contributed by atoms with van der Waals surface area (Å²) in [5.74, 6) is -0.421. The van der Waals surface area contributed by atoms with Crippen LogP contribution in [0.15, 0.2) is 12.4 Å². The van der Waals surface area contributed by atoms with Crippen LogP contribution in [0.2, 0.25) is 0 Å². The minimum Gasteiger partial charge on any atom is -0.465 e. The first kappa shape index (κ1) is 9.73. The predicted molar refractivity (Wildman–Crippen MR) is 46.8 cm³/mol. The number of rotatable bonds is 3. The van der Waals surface area contributed by atoms with Gasteiger partial charge in [0, 0.05) is 18.8 Å². The van der Waals surface area contributed by atoms with Crippen molar-refractivity contribution in [3.63, 3.8) is 0 Å². The number of hydrogen-bond acceptors (Lipinski definition) is 4. The predicted octanol–water partition coefficient (Wildman–Crippen LogP) is -0.0170. The largest absolute Gasteiger partial charge is 0.465 e. The summed E-state index contributed by atoms with van der Waals surface area (Å²) in [5, 5.41) is 3.91. The van der Waals surface area contributed by atoms with Crippen LogP contribution >= 0.6 is 0 Å². The number of nitrogens with two attached hydrogens (primary N) is 1. The standard InChI is InChI=1S/C8H13N3O2/c1-3-13-8(12)7(9)6-4-10-11(2)5-6/h4-5,7H,3,9H2,1-2H3/t7-/m1/s1. The average Bonchev–Trinajstić information content (AvgIpc) is 2.51. The lowest BCUT2D eigenvalue weighted by atomic mass is 10.2. The second kappa shape index (κ2) is 4.04. The van der Waals surface area contributed by atoms with Crippen molar-refractivity contribution in [2.45, 2.75) is 13.0 Å². The van der Waals surface area contributed by atoms with Crippen LogP contribution < -0.4 is 5.73 Å². The van der Waals surface area contributed by atoms with E-state index in [1.54, 1.807) is 31.0 Å². The molecule has 1 atom stereocenters. The van der Waals surface area contributed by atoms with E-state index in [-0.39, 0.29) is 0 Å². The van der Waals surface area contributed by atoms with Crippen molar-refractivity contribution in [1.29, 1.82) is 0 Å². The smallest absolute Gasteiger partial charge is 0.327 e. The van der Waals surface area contributed by atoms with Gasteiger partial charge in [-0.1, -0.05) is 0 Å². The van der Waals surface area contributed by atoms with E-state index >= 15 is 0 Å². The van der Waals surface area contributed by atoms with Crippen molar-refractivity contribution in [2.75, 3.05) is 6.61 Å². The summed E-state index contributed by atoms with van der Waals surface area (Å²) in [6.45, 7) is 2.08. The molecule has 5 heteroatoms. The molecule has 0 aliphatic rings.